The van der Waals surface area contributed by atoms with Gasteiger partial charge in [0.2, 0.25) is 0 Å². The molecule has 1 aromatic carbocycles. The first-order valence-electron chi connectivity index (χ1n) is 8.11. The fourth-order valence-corrected chi connectivity index (χ4v) is 2.33. The van der Waals surface area contributed by atoms with Crippen LogP contribution in [-0.4, -0.2) is 34.3 Å². The molecule has 0 unspecified atom stereocenters. The molecule has 0 saturated carbocycles. The lowest BCUT2D eigenvalue weighted by Crippen LogP contribution is -2.32. The average molecular weight is 325 g/mol. The molecule has 0 radical (unpaired) electrons. The van der Waals surface area contributed by atoms with Crippen LogP contribution in [0.1, 0.15) is 47.2 Å². The third-order valence-corrected chi connectivity index (χ3v) is 3.55. The van der Waals surface area contributed by atoms with Gasteiger partial charge in [-0.15, -0.1) is 0 Å². The summed E-state index contributed by atoms with van der Waals surface area (Å²) in [5.74, 6) is -0.381. The van der Waals surface area contributed by atoms with Crippen molar-refractivity contribution in [1.82, 2.24) is 15.2 Å². The first-order chi connectivity index (χ1) is 11.5. The van der Waals surface area contributed by atoms with Crippen LogP contribution in [0.3, 0.4) is 0 Å². The maximum Gasteiger partial charge on any atom is 0.272 e. The van der Waals surface area contributed by atoms with Crippen LogP contribution in [0.15, 0.2) is 48.7 Å². The molecule has 0 saturated heterocycles. The minimum absolute atomic E-state index is 0.0371. The highest BCUT2D eigenvalue weighted by Crippen LogP contribution is 2.10. The minimum atomic E-state index is -0.201. The summed E-state index contributed by atoms with van der Waals surface area (Å²) >= 11 is 0. The van der Waals surface area contributed by atoms with E-state index in [-0.39, 0.29) is 23.6 Å². The number of carbonyl (C=O) groups is 2. The molecule has 0 aliphatic heterocycles. The average Bonchev–Trinajstić information content (AvgIpc) is 2.59. The van der Waals surface area contributed by atoms with Crippen molar-refractivity contribution in [2.45, 2.75) is 33.4 Å². The predicted molar refractivity (Wildman–Crippen MR) is 93.7 cm³/mol. The molecule has 0 aliphatic carbocycles. The van der Waals surface area contributed by atoms with E-state index in [0.717, 1.165) is 5.56 Å². The van der Waals surface area contributed by atoms with E-state index in [1.807, 2.05) is 51.1 Å². The largest absolute Gasteiger partial charge is 0.350 e. The molecule has 5 nitrogen and oxygen atoms in total. The summed E-state index contributed by atoms with van der Waals surface area (Å²) in [4.78, 5) is 30.7. The number of amides is 2. The maximum absolute atomic E-state index is 12.7. The number of nitrogens with one attached hydrogen (secondary N) is 1. The minimum Gasteiger partial charge on any atom is -0.350 e. The van der Waals surface area contributed by atoms with E-state index in [4.69, 9.17) is 0 Å². The number of hydrogen-bond acceptors (Lipinski definition) is 3. The van der Waals surface area contributed by atoms with Gasteiger partial charge in [0.25, 0.3) is 11.8 Å². The molecule has 126 valence electrons. The van der Waals surface area contributed by atoms with E-state index < -0.39 is 0 Å². The van der Waals surface area contributed by atoms with E-state index in [2.05, 4.69) is 10.3 Å². The van der Waals surface area contributed by atoms with Crippen molar-refractivity contribution in [3.05, 3.63) is 65.5 Å². The Hall–Kier alpha value is -2.69. The predicted octanol–water partition coefficient (Wildman–Crippen LogP) is 2.88. The first kappa shape index (κ1) is 17.7. The van der Waals surface area contributed by atoms with Gasteiger partial charge in [-0.25, -0.2) is 0 Å². The SMILES string of the molecule is CCN(Cc1ccccc1)C(=O)c1cc(C(=O)NC(C)C)ccn1. The monoisotopic (exact) mass is 325 g/mol. The van der Waals surface area contributed by atoms with Gasteiger partial charge >= 0.3 is 0 Å². The molecule has 0 bridgehead atoms. The van der Waals surface area contributed by atoms with E-state index >= 15 is 0 Å². The third kappa shape index (κ3) is 4.65. The number of benzene rings is 1. The Morgan fingerprint density at radius 2 is 1.88 bits per heavy atom. The second-order valence-corrected chi connectivity index (χ2v) is 5.86. The number of aromatic nitrogens is 1. The van der Waals surface area contributed by atoms with E-state index in [1.165, 1.54) is 6.20 Å². The second kappa shape index (κ2) is 8.24. The Morgan fingerprint density at radius 1 is 1.17 bits per heavy atom. The van der Waals surface area contributed by atoms with Crippen LogP contribution in [0.2, 0.25) is 0 Å². The quantitative estimate of drug-likeness (QED) is 0.888. The molecule has 0 spiro atoms. The fourth-order valence-electron chi connectivity index (χ4n) is 2.33. The van der Waals surface area contributed by atoms with E-state index in [9.17, 15) is 9.59 Å². The van der Waals surface area contributed by atoms with Crippen LogP contribution >= 0.6 is 0 Å². The van der Waals surface area contributed by atoms with Crippen molar-refractivity contribution in [1.29, 1.82) is 0 Å². The van der Waals surface area contributed by atoms with E-state index in [1.54, 1.807) is 17.0 Å². The lowest BCUT2D eigenvalue weighted by atomic mass is 10.1. The molecular formula is C19H23N3O2. The first-order valence-corrected chi connectivity index (χ1v) is 8.11. The van der Waals surface area contributed by atoms with Crippen molar-refractivity contribution in [2.75, 3.05) is 6.54 Å². The summed E-state index contributed by atoms with van der Waals surface area (Å²) in [7, 11) is 0. The topological polar surface area (TPSA) is 62.3 Å². The summed E-state index contributed by atoms with van der Waals surface area (Å²) in [5, 5.41) is 2.82. The number of rotatable bonds is 6. The number of hydrogen-bond donors (Lipinski definition) is 1. The molecular weight excluding hydrogens is 302 g/mol. The molecule has 0 aliphatic rings. The van der Waals surface area contributed by atoms with Gasteiger partial charge in [0.15, 0.2) is 0 Å². The molecule has 1 N–H and O–H groups in total. The number of pyridine rings is 1. The Balaban J connectivity index is 2.17. The number of nitrogens with zero attached hydrogens (tertiary/aromatic N) is 2. The lowest BCUT2D eigenvalue weighted by molar-refractivity contribution is 0.0746. The Bertz CT molecular complexity index is 699. The summed E-state index contributed by atoms with van der Waals surface area (Å²) in [6, 6.07) is 13.0. The highest BCUT2D eigenvalue weighted by Gasteiger charge is 2.18. The van der Waals surface area contributed by atoms with Gasteiger partial charge in [-0.05, 0) is 38.5 Å². The van der Waals surface area contributed by atoms with Crippen LogP contribution in [0, 0.1) is 0 Å². The van der Waals surface area contributed by atoms with Gasteiger partial charge in [-0.3, -0.25) is 14.6 Å². The molecule has 0 fully saturated rings. The van der Waals surface area contributed by atoms with Gasteiger partial charge in [0.05, 0.1) is 0 Å². The van der Waals surface area contributed by atoms with Crippen molar-refractivity contribution in [2.24, 2.45) is 0 Å². The maximum atomic E-state index is 12.7. The Labute approximate surface area is 142 Å². The Kier molecular flexibility index (Phi) is 6.07. The zero-order valence-electron chi connectivity index (χ0n) is 14.3. The van der Waals surface area contributed by atoms with Crippen LogP contribution in [0.4, 0.5) is 0 Å². The highest BCUT2D eigenvalue weighted by atomic mass is 16.2. The number of carbonyl (C=O) groups excluding carboxylic acids is 2. The van der Waals surface area contributed by atoms with Crippen molar-refractivity contribution in [3.63, 3.8) is 0 Å². The van der Waals surface area contributed by atoms with Crippen LogP contribution < -0.4 is 5.32 Å². The molecule has 2 aromatic rings. The summed E-state index contributed by atoms with van der Waals surface area (Å²) in [6.45, 7) is 6.79. The molecule has 2 rings (SSSR count). The van der Waals surface area contributed by atoms with Gasteiger partial charge < -0.3 is 10.2 Å². The smallest absolute Gasteiger partial charge is 0.272 e. The zero-order valence-corrected chi connectivity index (χ0v) is 14.3. The van der Waals surface area contributed by atoms with Crippen LogP contribution in [0.25, 0.3) is 0 Å². The van der Waals surface area contributed by atoms with Gasteiger partial charge in [0.1, 0.15) is 5.69 Å². The van der Waals surface area contributed by atoms with Crippen molar-refractivity contribution < 1.29 is 9.59 Å². The summed E-state index contributed by atoms with van der Waals surface area (Å²) in [6.07, 6.45) is 1.50. The van der Waals surface area contributed by atoms with Crippen LogP contribution in [-0.2, 0) is 6.54 Å². The molecule has 1 aromatic heterocycles. The van der Waals surface area contributed by atoms with Crippen LogP contribution in [0.5, 0.6) is 0 Å². The second-order valence-electron chi connectivity index (χ2n) is 5.86. The van der Waals surface area contributed by atoms with Gasteiger partial charge in [-0.1, -0.05) is 30.3 Å². The Morgan fingerprint density at radius 3 is 2.50 bits per heavy atom. The van der Waals surface area contributed by atoms with E-state index in [0.29, 0.717) is 18.7 Å². The molecule has 24 heavy (non-hydrogen) atoms. The lowest BCUT2D eigenvalue weighted by Gasteiger charge is -2.20. The zero-order chi connectivity index (χ0) is 17.5. The molecule has 5 heteroatoms. The third-order valence-electron chi connectivity index (χ3n) is 3.55. The van der Waals surface area contributed by atoms with Crippen molar-refractivity contribution in [3.8, 4) is 0 Å². The normalized spacial score (nSPS) is 10.5. The fraction of sp³-hybridized carbons (Fsp3) is 0.316. The molecule has 2 amide bonds. The molecule has 0 atom stereocenters. The highest BCUT2D eigenvalue weighted by molar-refractivity contribution is 5.98. The van der Waals surface area contributed by atoms with Gasteiger partial charge in [-0.2, -0.15) is 0 Å². The molecule has 1 heterocycles. The van der Waals surface area contributed by atoms with Crippen molar-refractivity contribution >= 4 is 11.8 Å². The summed E-state index contributed by atoms with van der Waals surface area (Å²) < 4.78 is 0. The summed E-state index contributed by atoms with van der Waals surface area (Å²) in [5.41, 5.74) is 1.78. The van der Waals surface area contributed by atoms with Gasteiger partial charge in [0, 0.05) is 30.9 Å². The standard InChI is InChI=1S/C19H23N3O2/c1-4-22(13-15-8-6-5-7-9-15)19(24)17-12-16(10-11-20-17)18(23)21-14(2)3/h5-12,14H,4,13H2,1-3H3,(H,21,23).